The molecule has 4 rings (SSSR count). The number of hydrogen-bond acceptors (Lipinski definition) is 4. The van der Waals surface area contributed by atoms with Crippen LogP contribution >= 0.6 is 0 Å². The van der Waals surface area contributed by atoms with Gasteiger partial charge in [0.1, 0.15) is 11.3 Å². The molecule has 3 aromatic rings. The molecule has 1 saturated heterocycles. The Morgan fingerprint density at radius 3 is 2.37 bits per heavy atom. The fourth-order valence-electron chi connectivity index (χ4n) is 3.34. The molecule has 9 heteroatoms. The molecule has 0 spiro atoms. The van der Waals surface area contributed by atoms with Gasteiger partial charge in [-0.15, -0.1) is 0 Å². The molecule has 1 aromatic carbocycles. The lowest BCUT2D eigenvalue weighted by Gasteiger charge is -2.39. The molecule has 158 valence electrons. The van der Waals surface area contributed by atoms with Gasteiger partial charge in [-0.05, 0) is 45.0 Å². The Kier molecular flexibility index (Phi) is 4.71. The van der Waals surface area contributed by atoms with Crippen molar-refractivity contribution in [1.29, 1.82) is 0 Å². The maximum Gasteiger partial charge on any atom is 0.416 e. The second-order valence-corrected chi connectivity index (χ2v) is 8.28. The average Bonchev–Trinajstić information content (AvgIpc) is 2.98. The van der Waals surface area contributed by atoms with Crippen LogP contribution in [-0.4, -0.2) is 44.4 Å². The molecule has 6 nitrogen and oxygen atoms in total. The van der Waals surface area contributed by atoms with E-state index in [9.17, 15) is 18.0 Å². The van der Waals surface area contributed by atoms with Gasteiger partial charge in [0.05, 0.1) is 11.6 Å². The predicted octanol–water partition coefficient (Wildman–Crippen LogP) is 4.91. The van der Waals surface area contributed by atoms with E-state index in [1.54, 1.807) is 21.8 Å². The number of pyridine rings is 1. The zero-order valence-electron chi connectivity index (χ0n) is 16.8. The molecule has 0 aliphatic carbocycles. The number of amides is 1. The number of alkyl halides is 3. The number of nitrogens with zero attached hydrogens (tertiary/aromatic N) is 4. The average molecular weight is 418 g/mol. The summed E-state index contributed by atoms with van der Waals surface area (Å²) in [7, 11) is 0. The van der Waals surface area contributed by atoms with Crippen LogP contribution in [0.15, 0.2) is 42.6 Å². The van der Waals surface area contributed by atoms with Crippen LogP contribution in [-0.2, 0) is 10.9 Å². The van der Waals surface area contributed by atoms with Crippen molar-refractivity contribution in [3.8, 4) is 11.3 Å². The summed E-state index contributed by atoms with van der Waals surface area (Å²) in [4.78, 5) is 18.2. The summed E-state index contributed by atoms with van der Waals surface area (Å²) in [6.07, 6.45) is -3.13. The topological polar surface area (TPSA) is 60.2 Å². The van der Waals surface area contributed by atoms with E-state index < -0.39 is 17.3 Å². The minimum atomic E-state index is -4.39. The number of aromatic nitrogens is 3. The van der Waals surface area contributed by atoms with E-state index in [0.717, 1.165) is 17.5 Å². The van der Waals surface area contributed by atoms with E-state index in [4.69, 9.17) is 4.74 Å². The molecule has 0 saturated carbocycles. The molecule has 30 heavy (non-hydrogen) atoms. The Hall–Kier alpha value is -3.10. The molecular weight excluding hydrogens is 397 g/mol. The van der Waals surface area contributed by atoms with E-state index >= 15 is 0 Å². The van der Waals surface area contributed by atoms with Crippen LogP contribution in [0.4, 0.5) is 18.0 Å². The van der Waals surface area contributed by atoms with Crippen molar-refractivity contribution in [3.63, 3.8) is 0 Å². The van der Waals surface area contributed by atoms with Crippen LogP contribution in [0.2, 0.25) is 0 Å². The van der Waals surface area contributed by atoms with Crippen molar-refractivity contribution in [2.45, 2.75) is 38.6 Å². The van der Waals surface area contributed by atoms with Gasteiger partial charge >= 0.3 is 12.3 Å². The van der Waals surface area contributed by atoms with Crippen molar-refractivity contribution in [3.05, 3.63) is 48.2 Å². The fraction of sp³-hybridized carbons (Fsp3) is 0.381. The minimum absolute atomic E-state index is 0.0851. The Morgan fingerprint density at radius 1 is 1.10 bits per heavy atom. The molecular formula is C21H21F3N4O2. The predicted molar refractivity (Wildman–Crippen MR) is 105 cm³/mol. The van der Waals surface area contributed by atoms with Crippen molar-refractivity contribution in [1.82, 2.24) is 19.7 Å². The second-order valence-electron chi connectivity index (χ2n) is 8.28. The van der Waals surface area contributed by atoms with Gasteiger partial charge in [-0.3, -0.25) is 0 Å². The van der Waals surface area contributed by atoms with Gasteiger partial charge in [-0.2, -0.15) is 18.3 Å². The smallest absolute Gasteiger partial charge is 0.416 e. The van der Waals surface area contributed by atoms with Gasteiger partial charge < -0.3 is 9.64 Å². The Labute approximate surface area is 171 Å². The standard InChI is InChI=1S/C21H21F3N4O2/c1-20(2,3)30-19(29)27-11-15(12-27)28-18-16(5-4-10-25-18)17(26-28)13-6-8-14(9-7-13)21(22,23)24/h4-10,15H,11-12H2,1-3H3. The highest BCUT2D eigenvalue weighted by Gasteiger charge is 2.37. The largest absolute Gasteiger partial charge is 0.444 e. The number of carbonyl (C=O) groups excluding carboxylic acids is 1. The fourth-order valence-corrected chi connectivity index (χ4v) is 3.34. The highest BCUT2D eigenvalue weighted by molar-refractivity contribution is 5.91. The lowest BCUT2D eigenvalue weighted by atomic mass is 10.1. The SMILES string of the molecule is CC(C)(C)OC(=O)N1CC(n2nc(-c3ccc(C(F)(F)F)cc3)c3cccnc32)C1. The summed E-state index contributed by atoms with van der Waals surface area (Å²) >= 11 is 0. The van der Waals surface area contributed by atoms with Crippen LogP contribution in [0.1, 0.15) is 32.4 Å². The molecule has 0 radical (unpaired) electrons. The summed E-state index contributed by atoms with van der Waals surface area (Å²) < 4.78 is 45.7. The zero-order valence-corrected chi connectivity index (χ0v) is 16.8. The third-order valence-electron chi connectivity index (χ3n) is 4.81. The number of likely N-dealkylation sites (tertiary alicyclic amines) is 1. The molecule has 1 amide bonds. The number of ether oxygens (including phenoxy) is 1. The molecule has 3 heterocycles. The number of carbonyl (C=O) groups is 1. The number of benzene rings is 1. The zero-order chi connectivity index (χ0) is 21.7. The van der Waals surface area contributed by atoms with Crippen molar-refractivity contribution in [2.75, 3.05) is 13.1 Å². The first kappa shape index (κ1) is 20.2. The maximum absolute atomic E-state index is 12.9. The normalized spacial score (nSPS) is 15.3. The summed E-state index contributed by atoms with van der Waals surface area (Å²) in [6, 6.07) is 8.43. The molecule has 0 atom stereocenters. The third-order valence-corrected chi connectivity index (χ3v) is 4.81. The van der Waals surface area contributed by atoms with Crippen LogP contribution in [0.25, 0.3) is 22.3 Å². The third kappa shape index (κ3) is 3.83. The summed E-state index contributed by atoms with van der Waals surface area (Å²) in [5.41, 5.74) is 0.477. The van der Waals surface area contributed by atoms with Crippen molar-refractivity contribution < 1.29 is 22.7 Å². The summed E-state index contributed by atoms with van der Waals surface area (Å²) in [5, 5.41) is 5.38. The van der Waals surface area contributed by atoms with E-state index in [0.29, 0.717) is 30.0 Å². The molecule has 1 aliphatic rings. The summed E-state index contributed by atoms with van der Waals surface area (Å²) in [5.74, 6) is 0. The number of fused-ring (bicyclic) bond motifs is 1. The van der Waals surface area contributed by atoms with Gasteiger partial charge in [-0.25, -0.2) is 14.5 Å². The number of hydrogen-bond donors (Lipinski definition) is 0. The highest BCUT2D eigenvalue weighted by Crippen LogP contribution is 2.34. The molecule has 0 N–H and O–H groups in total. The molecule has 1 aliphatic heterocycles. The van der Waals surface area contributed by atoms with E-state index in [1.807, 2.05) is 26.8 Å². The quantitative estimate of drug-likeness (QED) is 0.593. The highest BCUT2D eigenvalue weighted by atomic mass is 19.4. The minimum Gasteiger partial charge on any atom is -0.444 e. The van der Waals surface area contributed by atoms with Crippen molar-refractivity contribution >= 4 is 17.1 Å². The second kappa shape index (κ2) is 7.00. The first-order chi connectivity index (χ1) is 14.0. The van der Waals surface area contributed by atoms with Crippen molar-refractivity contribution in [2.24, 2.45) is 0 Å². The Morgan fingerprint density at radius 2 is 1.77 bits per heavy atom. The molecule has 0 bridgehead atoms. The van der Waals surface area contributed by atoms with Crippen LogP contribution < -0.4 is 0 Å². The monoisotopic (exact) mass is 418 g/mol. The lowest BCUT2D eigenvalue weighted by molar-refractivity contribution is -0.137. The van der Waals surface area contributed by atoms with Gasteiger partial charge in [0.2, 0.25) is 0 Å². The van der Waals surface area contributed by atoms with Gasteiger partial charge in [0.15, 0.2) is 5.65 Å². The van der Waals surface area contributed by atoms with Gasteiger partial charge in [0.25, 0.3) is 0 Å². The molecule has 2 aromatic heterocycles. The first-order valence-electron chi connectivity index (χ1n) is 9.52. The van der Waals surface area contributed by atoms with Crippen LogP contribution in [0.3, 0.4) is 0 Å². The van der Waals surface area contributed by atoms with E-state index in [2.05, 4.69) is 10.1 Å². The van der Waals surface area contributed by atoms with Gasteiger partial charge in [0, 0.05) is 30.2 Å². The van der Waals surface area contributed by atoms with E-state index in [1.165, 1.54) is 12.1 Å². The lowest BCUT2D eigenvalue weighted by Crippen LogP contribution is -2.52. The van der Waals surface area contributed by atoms with Gasteiger partial charge in [-0.1, -0.05) is 12.1 Å². The Bertz CT molecular complexity index is 1080. The maximum atomic E-state index is 12.9. The molecule has 1 fully saturated rings. The molecule has 0 unspecified atom stereocenters. The van der Waals surface area contributed by atoms with Crippen LogP contribution in [0.5, 0.6) is 0 Å². The summed E-state index contributed by atoms with van der Waals surface area (Å²) in [6.45, 7) is 6.28. The first-order valence-corrected chi connectivity index (χ1v) is 9.52. The van der Waals surface area contributed by atoms with E-state index in [-0.39, 0.29) is 12.1 Å². The number of rotatable bonds is 2. The number of halogens is 3. The van der Waals surface area contributed by atoms with Crippen LogP contribution in [0, 0.1) is 0 Å². The Balaban J connectivity index is 1.61.